The Hall–Kier alpha value is -3.51. The summed E-state index contributed by atoms with van der Waals surface area (Å²) in [5, 5.41) is 0. The normalized spacial score (nSPS) is 12.2. The average Bonchev–Trinajstić information content (AvgIpc) is 3.53. The molecule has 5 heterocycles. The smallest absolute Gasteiger partial charge is 0.164 e. The monoisotopic (exact) mass is 509 g/mol. The molecule has 8 bridgehead atoms. The number of fused-ring (bicyclic) bond motifs is 11. The molecule has 3 N–H and O–H groups in total. The maximum atomic E-state index is 8.56. The van der Waals surface area contributed by atoms with E-state index in [1.54, 1.807) is 0 Å². The van der Waals surface area contributed by atoms with Crippen molar-refractivity contribution in [1.29, 1.82) is 0 Å². The molecule has 0 amide bonds. The van der Waals surface area contributed by atoms with E-state index in [-0.39, 0.29) is 19.5 Å². The van der Waals surface area contributed by atoms with Crippen molar-refractivity contribution in [2.24, 2.45) is 0 Å². The Labute approximate surface area is 201 Å². The van der Waals surface area contributed by atoms with Gasteiger partial charge in [-0.1, -0.05) is 24.3 Å². The van der Waals surface area contributed by atoms with Gasteiger partial charge in [-0.05, 0) is 36.4 Å². The minimum Gasteiger partial charge on any atom is -0.750 e. The molecule has 1 aromatic carbocycles. The van der Waals surface area contributed by atoms with Gasteiger partial charge >= 0.3 is 0 Å². The van der Waals surface area contributed by atoms with Crippen LogP contribution in [0.2, 0.25) is 0 Å². The van der Waals surface area contributed by atoms with Crippen LogP contribution in [0.1, 0.15) is 11.6 Å². The van der Waals surface area contributed by atoms with Gasteiger partial charge in [-0.3, -0.25) is 0 Å². The van der Waals surface area contributed by atoms with Gasteiger partial charge in [0.05, 0.1) is 11.4 Å². The summed E-state index contributed by atoms with van der Waals surface area (Å²) in [5.41, 5.74) is 4.58. The molecule has 4 aromatic rings. The van der Waals surface area contributed by atoms with Gasteiger partial charge in [0, 0.05) is 30.6 Å². The van der Waals surface area contributed by atoms with Crippen molar-refractivity contribution in [3.05, 3.63) is 60.2 Å². The number of aromatic nitrogens is 8. The Morgan fingerprint density at radius 3 is 1.70 bits per heavy atom. The molecule has 2 aliphatic heterocycles. The van der Waals surface area contributed by atoms with E-state index in [2.05, 4.69) is 39.9 Å². The van der Waals surface area contributed by atoms with E-state index in [4.69, 9.17) is 13.3 Å². The molecule has 13 heteroatoms. The zero-order chi connectivity index (χ0) is 22.1. The summed E-state index contributed by atoms with van der Waals surface area (Å²) in [6, 6.07) is 15.4. The van der Waals surface area contributed by atoms with Crippen molar-refractivity contribution in [3.8, 4) is 22.8 Å². The molecule has 33 heavy (non-hydrogen) atoms. The third kappa shape index (κ3) is 5.12. The zero-order valence-electron chi connectivity index (χ0n) is 16.8. The number of nitrogens with zero attached hydrogens (tertiary/aromatic N) is 6. The van der Waals surface area contributed by atoms with E-state index in [9.17, 15) is 0 Å². The van der Waals surface area contributed by atoms with Crippen molar-refractivity contribution in [3.63, 3.8) is 0 Å². The Morgan fingerprint density at radius 2 is 1.12 bits per heavy atom. The first kappa shape index (κ1) is 22.7. The maximum absolute atomic E-state index is 8.56. The SMILES string of the molecule is C1=Cc2nc1nc1nc(nc3ccc(nc4ccc(n2)[nH]4)[nH]3)-c2ccccc2-1.O=S([O-])O.[Zn]. The molecule has 1 unspecified atom stereocenters. The number of hydrogen-bond acceptors (Lipinski definition) is 8. The van der Waals surface area contributed by atoms with Crippen LogP contribution in [0.4, 0.5) is 0 Å². The Kier molecular flexibility index (Phi) is 6.56. The first-order valence-electron chi connectivity index (χ1n) is 9.26. The van der Waals surface area contributed by atoms with E-state index >= 15 is 0 Å². The van der Waals surface area contributed by atoms with Gasteiger partial charge in [-0.25, -0.2) is 34.1 Å². The number of rotatable bonds is 0. The van der Waals surface area contributed by atoms with Crippen LogP contribution in [-0.2, 0) is 30.8 Å². The predicted molar refractivity (Wildman–Crippen MR) is 117 cm³/mol. The topological polar surface area (TPSA) is 169 Å². The predicted octanol–water partition coefficient (Wildman–Crippen LogP) is 2.74. The molecule has 6 rings (SSSR count). The van der Waals surface area contributed by atoms with Gasteiger partial charge < -0.3 is 19.1 Å². The molecule has 2 aliphatic rings. The molecule has 0 aliphatic carbocycles. The van der Waals surface area contributed by atoms with Crippen molar-refractivity contribution in [2.75, 3.05) is 0 Å². The fourth-order valence-electron chi connectivity index (χ4n) is 3.21. The van der Waals surface area contributed by atoms with Crippen molar-refractivity contribution in [2.45, 2.75) is 0 Å². The second kappa shape index (κ2) is 9.55. The molecular weight excluding hydrogens is 498 g/mol. The third-order valence-corrected chi connectivity index (χ3v) is 4.46. The van der Waals surface area contributed by atoms with Crippen LogP contribution < -0.4 is 0 Å². The maximum Gasteiger partial charge on any atom is 0.164 e. The minimum absolute atomic E-state index is 0. The largest absolute Gasteiger partial charge is 0.750 e. The number of hydrogen-bond donors (Lipinski definition) is 3. The second-order valence-corrected chi connectivity index (χ2v) is 7.02. The van der Waals surface area contributed by atoms with Crippen LogP contribution >= 0.6 is 0 Å². The van der Waals surface area contributed by atoms with Gasteiger partial charge in [0.1, 0.15) is 22.6 Å². The molecule has 3 aromatic heterocycles. The number of aromatic amines is 2. The Bertz CT molecular complexity index is 1550. The summed E-state index contributed by atoms with van der Waals surface area (Å²) in [4.78, 5) is 33.8. The number of benzene rings is 1. The first-order valence-corrected chi connectivity index (χ1v) is 10.3. The molecular formula is C20H13N8O3SZn-. The van der Waals surface area contributed by atoms with Crippen molar-refractivity contribution < 1.29 is 32.8 Å². The van der Waals surface area contributed by atoms with Crippen LogP contribution in [0.15, 0.2) is 48.5 Å². The minimum atomic E-state index is -2.86. The van der Waals surface area contributed by atoms with Crippen molar-refractivity contribution in [1.82, 2.24) is 39.9 Å². The third-order valence-electron chi connectivity index (χ3n) is 4.46. The van der Waals surface area contributed by atoms with Gasteiger partial charge in [-0.15, -0.1) is 0 Å². The van der Waals surface area contributed by atoms with E-state index < -0.39 is 11.4 Å². The number of H-pyrrole nitrogens is 2. The van der Waals surface area contributed by atoms with E-state index in [1.165, 1.54) is 0 Å². The van der Waals surface area contributed by atoms with E-state index in [0.29, 0.717) is 45.9 Å². The summed E-state index contributed by atoms with van der Waals surface area (Å²) in [7, 11) is 0. The molecule has 0 radical (unpaired) electrons. The second-order valence-electron chi connectivity index (χ2n) is 6.59. The van der Waals surface area contributed by atoms with Crippen LogP contribution in [-0.4, -0.2) is 53.2 Å². The summed E-state index contributed by atoms with van der Waals surface area (Å²) >= 11 is -2.86. The fourth-order valence-corrected chi connectivity index (χ4v) is 3.21. The molecule has 0 fully saturated rings. The van der Waals surface area contributed by atoms with Crippen LogP contribution in [0.25, 0.3) is 57.5 Å². The quantitative estimate of drug-likeness (QED) is 0.205. The van der Waals surface area contributed by atoms with Gasteiger partial charge in [-0.2, -0.15) is 0 Å². The zero-order valence-corrected chi connectivity index (χ0v) is 20.6. The van der Waals surface area contributed by atoms with Crippen LogP contribution in [0, 0.1) is 0 Å². The Morgan fingerprint density at radius 1 is 0.667 bits per heavy atom. The molecule has 160 valence electrons. The van der Waals surface area contributed by atoms with Crippen LogP contribution in [0.5, 0.6) is 0 Å². The molecule has 0 saturated carbocycles. The van der Waals surface area contributed by atoms with E-state index in [0.717, 1.165) is 11.1 Å². The molecule has 1 atom stereocenters. The molecule has 0 spiro atoms. The summed E-state index contributed by atoms with van der Waals surface area (Å²) in [6.07, 6.45) is 3.64. The van der Waals surface area contributed by atoms with Gasteiger partial charge in [0.15, 0.2) is 23.3 Å². The molecule has 11 nitrogen and oxygen atoms in total. The number of nitrogens with one attached hydrogen (secondary N) is 2. The van der Waals surface area contributed by atoms with Crippen molar-refractivity contribution >= 4 is 46.1 Å². The van der Waals surface area contributed by atoms with Gasteiger partial charge in [0.25, 0.3) is 0 Å². The molecule has 0 saturated heterocycles. The first-order chi connectivity index (χ1) is 15.5. The average molecular weight is 511 g/mol. The van der Waals surface area contributed by atoms with Crippen LogP contribution in [0.3, 0.4) is 0 Å². The summed E-state index contributed by atoms with van der Waals surface area (Å²) in [5.74, 6) is 2.32. The van der Waals surface area contributed by atoms with E-state index in [1.807, 2.05) is 60.7 Å². The summed E-state index contributed by atoms with van der Waals surface area (Å²) < 4.78 is 24.1. The summed E-state index contributed by atoms with van der Waals surface area (Å²) in [6.45, 7) is 0. The van der Waals surface area contributed by atoms with Gasteiger partial charge in [0.2, 0.25) is 0 Å². The Balaban J connectivity index is 0.000000483. The standard InChI is InChI=1S/C20H12N8.H2O3S.Zn/c1-2-4-12-11(3-1)19-26-17-9-7-15(24-17)22-13-5-6-14(21-13)23-16-8-10-18(25-16)27-20(12)28-19;1-4(2)3;/h1-10H,(H2,21,22,23,24,25,26,27,28);(H2,1,2,3);/p-1. The fraction of sp³-hybridized carbons (Fsp3) is 0.